The molecule has 0 N–H and O–H groups in total. The quantitative estimate of drug-likeness (QED) is 0.433. The summed E-state index contributed by atoms with van der Waals surface area (Å²) in [6.45, 7) is 7.50. The van der Waals surface area contributed by atoms with E-state index in [9.17, 15) is 8.76 Å². The van der Waals surface area contributed by atoms with Gasteiger partial charge in [0.2, 0.25) is 0 Å². The fourth-order valence-corrected chi connectivity index (χ4v) is 0.938. The predicted octanol–water partition coefficient (Wildman–Crippen LogP) is 0.455. The zero-order valence-corrected chi connectivity index (χ0v) is 6.47. The summed E-state index contributed by atoms with van der Waals surface area (Å²) < 4.78 is 21.8. The minimum Gasteiger partial charge on any atom is -0.760 e. The molecule has 0 rings (SSSR count). The van der Waals surface area contributed by atoms with Gasteiger partial charge in [-0.2, -0.15) is 0 Å². The monoisotopic (exact) mass is 160 g/mol. The van der Waals surface area contributed by atoms with E-state index in [1.165, 1.54) is 16.5 Å². The molecule has 0 aliphatic carbocycles. The summed E-state index contributed by atoms with van der Waals surface area (Å²) in [4.78, 5) is 0. The van der Waals surface area contributed by atoms with E-state index >= 15 is 0 Å². The van der Waals surface area contributed by atoms with Gasteiger partial charge < -0.3 is 4.55 Å². The Kier molecular flexibility index (Phi) is 5.10. The Morgan fingerprint density at radius 2 is 1.80 bits per heavy atom. The third-order valence-corrected chi connectivity index (χ3v) is 1.60. The second-order valence-corrected chi connectivity index (χ2v) is 2.59. The minimum atomic E-state index is -2.16. The van der Waals surface area contributed by atoms with Gasteiger partial charge in [-0.05, 0) is 0 Å². The Morgan fingerprint density at radius 1 is 1.40 bits per heavy atom. The van der Waals surface area contributed by atoms with Crippen molar-refractivity contribution in [3.63, 3.8) is 0 Å². The predicted molar refractivity (Wildman–Crippen MR) is 40.9 cm³/mol. The highest BCUT2D eigenvalue weighted by Crippen LogP contribution is 1.91. The summed E-state index contributed by atoms with van der Waals surface area (Å²) >= 11 is -2.16. The van der Waals surface area contributed by atoms with Gasteiger partial charge in [0.15, 0.2) is 0 Å². The number of nitrogens with zero attached hydrogens (tertiary/aromatic N) is 1. The van der Waals surface area contributed by atoms with Gasteiger partial charge in [0.25, 0.3) is 0 Å². The molecule has 10 heavy (non-hydrogen) atoms. The topological polar surface area (TPSA) is 43.4 Å². The molecule has 3 nitrogen and oxygen atoms in total. The van der Waals surface area contributed by atoms with Crippen LogP contribution in [0.5, 0.6) is 0 Å². The molecule has 1 unspecified atom stereocenters. The summed E-state index contributed by atoms with van der Waals surface area (Å²) in [6.07, 6.45) is 3.05. The third kappa shape index (κ3) is 3.55. The van der Waals surface area contributed by atoms with Crippen molar-refractivity contribution >= 4 is 11.3 Å². The molecular formula is C6H10NO2S-. The first-order chi connectivity index (χ1) is 4.72. The maximum atomic E-state index is 10.3. The van der Waals surface area contributed by atoms with Crippen molar-refractivity contribution in [2.75, 3.05) is 13.1 Å². The van der Waals surface area contributed by atoms with E-state index in [2.05, 4.69) is 13.2 Å². The Hall–Kier alpha value is -0.450. The van der Waals surface area contributed by atoms with Crippen molar-refractivity contribution in [1.29, 1.82) is 0 Å². The van der Waals surface area contributed by atoms with E-state index in [4.69, 9.17) is 0 Å². The molecule has 0 saturated carbocycles. The fraction of sp³-hybridized carbons (Fsp3) is 0.333. The van der Waals surface area contributed by atoms with Crippen LogP contribution >= 0.6 is 0 Å². The first-order valence-corrected chi connectivity index (χ1v) is 3.81. The minimum absolute atomic E-state index is 0.335. The van der Waals surface area contributed by atoms with E-state index in [0.29, 0.717) is 13.1 Å². The zero-order valence-electron chi connectivity index (χ0n) is 5.66. The van der Waals surface area contributed by atoms with E-state index in [-0.39, 0.29) is 0 Å². The summed E-state index contributed by atoms with van der Waals surface area (Å²) in [6, 6.07) is 0. The largest absolute Gasteiger partial charge is 0.760 e. The molecule has 0 radical (unpaired) electrons. The second kappa shape index (κ2) is 5.34. The van der Waals surface area contributed by atoms with Gasteiger partial charge in [-0.15, -0.1) is 13.2 Å². The zero-order chi connectivity index (χ0) is 7.98. The SMILES string of the molecule is C=CCN(CC=C)S(=O)[O-]. The Bertz CT molecular complexity index is 137. The standard InChI is InChI=1S/C6H11NO2S/c1-3-5-7(6-4-2)10(8)9/h3-4H,1-2,5-6H2,(H,8,9)/p-1. The number of rotatable bonds is 5. The molecule has 0 aromatic carbocycles. The normalized spacial score (nSPS) is 13.0. The van der Waals surface area contributed by atoms with Crippen LogP contribution in [0.2, 0.25) is 0 Å². The average molecular weight is 160 g/mol. The maximum absolute atomic E-state index is 10.3. The molecule has 0 aromatic heterocycles. The molecule has 0 saturated heterocycles. The summed E-state index contributed by atoms with van der Waals surface area (Å²) in [5.74, 6) is 0. The molecule has 0 heterocycles. The summed E-state index contributed by atoms with van der Waals surface area (Å²) in [7, 11) is 0. The first kappa shape index (κ1) is 9.55. The van der Waals surface area contributed by atoms with Crippen molar-refractivity contribution in [2.45, 2.75) is 0 Å². The first-order valence-electron chi connectivity index (χ1n) is 2.78. The van der Waals surface area contributed by atoms with Crippen molar-refractivity contribution in [3.8, 4) is 0 Å². The molecular weight excluding hydrogens is 150 g/mol. The van der Waals surface area contributed by atoms with Gasteiger partial charge in [0.1, 0.15) is 0 Å². The average Bonchev–Trinajstić information content (AvgIpc) is 1.87. The highest BCUT2D eigenvalue weighted by atomic mass is 32.2. The lowest BCUT2D eigenvalue weighted by molar-refractivity contribution is 0.436. The summed E-state index contributed by atoms with van der Waals surface area (Å²) in [5.41, 5.74) is 0. The lowest BCUT2D eigenvalue weighted by Crippen LogP contribution is -2.25. The van der Waals surface area contributed by atoms with Crippen LogP contribution in [0.15, 0.2) is 25.3 Å². The molecule has 58 valence electrons. The highest BCUT2D eigenvalue weighted by Gasteiger charge is 1.97. The lowest BCUT2D eigenvalue weighted by atomic mass is 10.5. The lowest BCUT2D eigenvalue weighted by Gasteiger charge is -2.20. The molecule has 1 atom stereocenters. The van der Waals surface area contributed by atoms with E-state index in [0.717, 1.165) is 0 Å². The van der Waals surface area contributed by atoms with Gasteiger partial charge in [0, 0.05) is 24.4 Å². The second-order valence-electron chi connectivity index (χ2n) is 1.64. The molecule has 0 aliphatic rings. The molecule has 4 heteroatoms. The van der Waals surface area contributed by atoms with E-state index in [1.54, 1.807) is 0 Å². The molecule has 0 spiro atoms. The Morgan fingerprint density at radius 3 is 2.00 bits per heavy atom. The van der Waals surface area contributed by atoms with Gasteiger partial charge in [0.05, 0.1) is 0 Å². The van der Waals surface area contributed by atoms with E-state index in [1.807, 2.05) is 0 Å². The van der Waals surface area contributed by atoms with Gasteiger partial charge >= 0.3 is 0 Å². The highest BCUT2D eigenvalue weighted by molar-refractivity contribution is 7.76. The van der Waals surface area contributed by atoms with Crippen LogP contribution in [0.1, 0.15) is 0 Å². The van der Waals surface area contributed by atoms with Gasteiger partial charge in [-0.1, -0.05) is 12.2 Å². The molecule has 0 bridgehead atoms. The van der Waals surface area contributed by atoms with Crippen LogP contribution in [0, 0.1) is 0 Å². The van der Waals surface area contributed by atoms with Crippen LogP contribution in [0.3, 0.4) is 0 Å². The molecule has 0 fully saturated rings. The fourth-order valence-electron chi connectivity index (χ4n) is 0.484. The number of hydrogen-bond donors (Lipinski definition) is 0. The van der Waals surface area contributed by atoms with Gasteiger partial charge in [-0.3, -0.25) is 4.21 Å². The van der Waals surface area contributed by atoms with Crippen LogP contribution in [0.4, 0.5) is 0 Å². The Balaban J connectivity index is 3.83. The van der Waals surface area contributed by atoms with E-state index < -0.39 is 11.3 Å². The summed E-state index contributed by atoms with van der Waals surface area (Å²) in [5, 5.41) is 0. The molecule has 0 aliphatic heterocycles. The Labute approximate surface area is 63.5 Å². The van der Waals surface area contributed by atoms with Crippen LogP contribution < -0.4 is 0 Å². The van der Waals surface area contributed by atoms with Crippen molar-refractivity contribution in [3.05, 3.63) is 25.3 Å². The van der Waals surface area contributed by atoms with Crippen molar-refractivity contribution < 1.29 is 8.76 Å². The van der Waals surface area contributed by atoms with Crippen molar-refractivity contribution in [1.82, 2.24) is 4.31 Å². The van der Waals surface area contributed by atoms with Gasteiger partial charge in [-0.25, -0.2) is 4.31 Å². The van der Waals surface area contributed by atoms with Crippen LogP contribution in [0.25, 0.3) is 0 Å². The molecule has 0 aromatic rings. The molecule has 0 amide bonds. The third-order valence-electron chi connectivity index (χ3n) is 0.876. The van der Waals surface area contributed by atoms with Crippen LogP contribution in [-0.2, 0) is 11.3 Å². The maximum Gasteiger partial charge on any atom is 0.0284 e. The number of hydrogen-bond acceptors (Lipinski definition) is 2. The van der Waals surface area contributed by atoms with Crippen molar-refractivity contribution in [2.24, 2.45) is 0 Å². The smallest absolute Gasteiger partial charge is 0.0284 e. The van der Waals surface area contributed by atoms with Crippen LogP contribution in [-0.4, -0.2) is 26.2 Å².